The van der Waals surface area contributed by atoms with Crippen molar-refractivity contribution in [3.8, 4) is 0 Å². The van der Waals surface area contributed by atoms with Gasteiger partial charge in [-0.2, -0.15) is 0 Å². The Morgan fingerprint density at radius 2 is 2.28 bits per heavy atom. The Morgan fingerprint density at radius 1 is 1.50 bits per heavy atom. The van der Waals surface area contributed by atoms with Gasteiger partial charge in [-0.15, -0.1) is 10.2 Å². The van der Waals surface area contributed by atoms with E-state index in [1.54, 1.807) is 6.92 Å². The number of hydrogen-bond donors (Lipinski definition) is 0. The number of carbonyl (C=O) groups is 1. The Kier molecular flexibility index (Phi) is 3.91. The Labute approximate surface area is 110 Å². The van der Waals surface area contributed by atoms with Gasteiger partial charge in [0, 0.05) is 20.0 Å². The molecule has 1 aromatic rings. The molecule has 0 aromatic carbocycles. The molecule has 0 unspecified atom stereocenters. The fourth-order valence-corrected chi connectivity index (χ4v) is 2.49. The molecule has 0 saturated carbocycles. The predicted octanol–water partition coefficient (Wildman–Crippen LogP) is 1.11. The third-order valence-electron chi connectivity index (χ3n) is 2.60. The molecule has 0 spiro atoms. The normalized spacial score (nSPS) is 18.9. The number of aromatic nitrogens is 2. The maximum atomic E-state index is 12.0. The summed E-state index contributed by atoms with van der Waals surface area (Å²) >= 11 is 1.27. The third kappa shape index (κ3) is 3.46. The summed E-state index contributed by atoms with van der Waals surface area (Å²) in [5.74, 6) is 0.905. The van der Waals surface area contributed by atoms with Crippen LogP contribution in [0.4, 0.5) is 0 Å². The first kappa shape index (κ1) is 13.4. The lowest BCUT2D eigenvalue weighted by Crippen LogP contribution is -2.51. The highest BCUT2D eigenvalue weighted by atomic mass is 32.2. The van der Waals surface area contributed by atoms with Gasteiger partial charge in [-0.3, -0.25) is 4.79 Å². The quantitative estimate of drug-likeness (QED) is 0.767. The van der Waals surface area contributed by atoms with Crippen LogP contribution >= 0.6 is 11.8 Å². The molecule has 7 heteroatoms. The van der Waals surface area contributed by atoms with Gasteiger partial charge < -0.3 is 14.1 Å². The molecule has 1 aliphatic rings. The number of thioether (sulfide) groups is 1. The summed E-state index contributed by atoms with van der Waals surface area (Å²) in [4.78, 5) is 13.8. The first-order chi connectivity index (χ1) is 8.46. The second-order valence-corrected chi connectivity index (χ2v) is 5.73. The molecule has 1 aliphatic heterocycles. The molecule has 0 atom stereocenters. The zero-order chi connectivity index (χ0) is 13.2. The first-order valence-corrected chi connectivity index (χ1v) is 6.79. The van der Waals surface area contributed by atoms with E-state index in [1.807, 2.05) is 18.7 Å². The number of rotatable bonds is 3. The molecule has 1 amide bonds. The highest BCUT2D eigenvalue weighted by Crippen LogP contribution is 2.20. The van der Waals surface area contributed by atoms with Crippen LogP contribution in [-0.2, 0) is 9.53 Å². The second kappa shape index (κ2) is 5.27. The van der Waals surface area contributed by atoms with E-state index in [0.29, 0.717) is 36.6 Å². The molecule has 2 heterocycles. The lowest BCUT2D eigenvalue weighted by Gasteiger charge is -2.38. The van der Waals surface area contributed by atoms with Gasteiger partial charge in [-0.1, -0.05) is 11.8 Å². The zero-order valence-electron chi connectivity index (χ0n) is 10.8. The average molecular weight is 271 g/mol. The third-order valence-corrected chi connectivity index (χ3v) is 3.41. The molecule has 1 aromatic heterocycles. The van der Waals surface area contributed by atoms with Crippen LogP contribution in [0.1, 0.15) is 19.7 Å². The number of amides is 1. The minimum atomic E-state index is -0.264. The lowest BCUT2D eigenvalue weighted by molar-refractivity contribution is -0.143. The van der Waals surface area contributed by atoms with Gasteiger partial charge in [0.1, 0.15) is 0 Å². The summed E-state index contributed by atoms with van der Waals surface area (Å²) < 4.78 is 10.8. The summed E-state index contributed by atoms with van der Waals surface area (Å²) in [6.07, 6.45) is 0. The summed E-state index contributed by atoms with van der Waals surface area (Å²) in [5, 5.41) is 8.00. The topological polar surface area (TPSA) is 68.5 Å². The maximum absolute atomic E-state index is 12.0. The first-order valence-electron chi connectivity index (χ1n) is 5.81. The van der Waals surface area contributed by atoms with E-state index >= 15 is 0 Å². The number of carbonyl (C=O) groups excluding carboxylic acids is 1. The maximum Gasteiger partial charge on any atom is 0.277 e. The Morgan fingerprint density at radius 3 is 2.89 bits per heavy atom. The van der Waals surface area contributed by atoms with Gasteiger partial charge in [0.15, 0.2) is 0 Å². The summed E-state index contributed by atoms with van der Waals surface area (Å²) in [6.45, 7) is 7.55. The van der Waals surface area contributed by atoms with E-state index in [0.717, 1.165) is 0 Å². The van der Waals surface area contributed by atoms with Gasteiger partial charge >= 0.3 is 0 Å². The van der Waals surface area contributed by atoms with E-state index in [1.165, 1.54) is 11.8 Å². The van der Waals surface area contributed by atoms with Crippen LogP contribution in [0.2, 0.25) is 0 Å². The van der Waals surface area contributed by atoms with E-state index in [2.05, 4.69) is 10.2 Å². The predicted molar refractivity (Wildman–Crippen MR) is 66.4 cm³/mol. The van der Waals surface area contributed by atoms with Gasteiger partial charge in [0.2, 0.25) is 11.8 Å². The fourth-order valence-electron chi connectivity index (χ4n) is 1.78. The standard InChI is InChI=1S/C11H17N3O3S/c1-8-12-13-10(17-8)18-6-9(15)14-4-5-16-11(2,3)7-14/h4-7H2,1-3H3. The molecule has 1 saturated heterocycles. The van der Waals surface area contributed by atoms with E-state index in [-0.39, 0.29) is 11.5 Å². The van der Waals surface area contributed by atoms with Crippen molar-refractivity contribution in [1.82, 2.24) is 15.1 Å². The molecule has 0 bridgehead atoms. The second-order valence-electron chi connectivity index (χ2n) is 4.80. The molecule has 18 heavy (non-hydrogen) atoms. The minimum absolute atomic E-state index is 0.0761. The van der Waals surface area contributed by atoms with Crippen molar-refractivity contribution in [1.29, 1.82) is 0 Å². The largest absolute Gasteiger partial charge is 0.416 e. The highest BCUT2D eigenvalue weighted by Gasteiger charge is 2.29. The van der Waals surface area contributed by atoms with Crippen molar-refractivity contribution in [3.05, 3.63) is 5.89 Å². The fraction of sp³-hybridized carbons (Fsp3) is 0.727. The van der Waals surface area contributed by atoms with Crippen molar-refractivity contribution < 1.29 is 13.9 Å². The van der Waals surface area contributed by atoms with Gasteiger partial charge in [0.25, 0.3) is 5.22 Å². The van der Waals surface area contributed by atoms with Crippen LogP contribution in [0.3, 0.4) is 0 Å². The number of aryl methyl sites for hydroxylation is 1. The Bertz CT molecular complexity index is 433. The van der Waals surface area contributed by atoms with Crippen molar-refractivity contribution in [2.45, 2.75) is 31.6 Å². The summed E-state index contributed by atoms with van der Waals surface area (Å²) in [7, 11) is 0. The molecular formula is C11H17N3O3S. The van der Waals surface area contributed by atoms with Gasteiger partial charge in [-0.05, 0) is 13.8 Å². The minimum Gasteiger partial charge on any atom is -0.416 e. The molecule has 6 nitrogen and oxygen atoms in total. The Hall–Kier alpha value is -1.08. The number of morpholine rings is 1. The van der Waals surface area contributed by atoms with Crippen molar-refractivity contribution >= 4 is 17.7 Å². The van der Waals surface area contributed by atoms with Crippen LogP contribution in [0.25, 0.3) is 0 Å². The molecule has 1 fully saturated rings. The van der Waals surface area contributed by atoms with E-state index in [4.69, 9.17) is 9.15 Å². The average Bonchev–Trinajstić information content (AvgIpc) is 2.70. The van der Waals surface area contributed by atoms with Gasteiger partial charge in [-0.25, -0.2) is 0 Å². The molecule has 0 aliphatic carbocycles. The highest BCUT2D eigenvalue weighted by molar-refractivity contribution is 7.99. The van der Waals surface area contributed by atoms with Crippen LogP contribution < -0.4 is 0 Å². The van der Waals surface area contributed by atoms with Crippen molar-refractivity contribution in [3.63, 3.8) is 0 Å². The molecule has 0 N–H and O–H groups in total. The number of ether oxygens (including phenoxy) is 1. The Balaban J connectivity index is 1.84. The molecule has 2 rings (SSSR count). The number of nitrogens with zero attached hydrogens (tertiary/aromatic N) is 3. The lowest BCUT2D eigenvalue weighted by atomic mass is 10.1. The van der Waals surface area contributed by atoms with Gasteiger partial charge in [0.05, 0.1) is 18.0 Å². The van der Waals surface area contributed by atoms with Crippen molar-refractivity contribution in [2.24, 2.45) is 0 Å². The zero-order valence-corrected chi connectivity index (χ0v) is 11.6. The van der Waals surface area contributed by atoms with Crippen LogP contribution in [-0.4, -0.2) is 52.1 Å². The van der Waals surface area contributed by atoms with Crippen LogP contribution in [0.15, 0.2) is 9.64 Å². The smallest absolute Gasteiger partial charge is 0.277 e. The van der Waals surface area contributed by atoms with E-state index < -0.39 is 0 Å². The molecule has 0 radical (unpaired) electrons. The summed E-state index contributed by atoms with van der Waals surface area (Å²) in [5.41, 5.74) is -0.264. The number of hydrogen-bond acceptors (Lipinski definition) is 6. The monoisotopic (exact) mass is 271 g/mol. The SMILES string of the molecule is Cc1nnc(SCC(=O)N2CCOC(C)(C)C2)o1. The van der Waals surface area contributed by atoms with E-state index in [9.17, 15) is 4.79 Å². The van der Waals surface area contributed by atoms with Crippen LogP contribution in [0, 0.1) is 6.92 Å². The summed E-state index contributed by atoms with van der Waals surface area (Å²) in [6, 6.07) is 0. The molecule has 100 valence electrons. The van der Waals surface area contributed by atoms with Crippen molar-refractivity contribution in [2.75, 3.05) is 25.4 Å². The molecular weight excluding hydrogens is 254 g/mol. The van der Waals surface area contributed by atoms with Crippen LogP contribution in [0.5, 0.6) is 0 Å².